The van der Waals surface area contributed by atoms with Gasteiger partial charge in [-0.1, -0.05) is 19.8 Å². The van der Waals surface area contributed by atoms with Gasteiger partial charge in [0.2, 0.25) is 5.91 Å². The third-order valence-corrected chi connectivity index (χ3v) is 2.28. The van der Waals surface area contributed by atoms with E-state index in [4.69, 9.17) is 10.5 Å². The largest absolute Gasteiger partial charge is 0.385 e. The number of carbonyl (C=O) groups is 1. The van der Waals surface area contributed by atoms with Crippen LogP contribution in [-0.4, -0.2) is 32.2 Å². The molecule has 15 heavy (non-hydrogen) atoms. The Morgan fingerprint density at radius 1 is 1.40 bits per heavy atom. The summed E-state index contributed by atoms with van der Waals surface area (Å²) in [5.74, 6) is -0.0396. The number of carbonyl (C=O) groups excluding carboxylic acids is 1. The molecule has 0 spiro atoms. The molecule has 0 aromatic carbocycles. The Hall–Kier alpha value is -0.610. The molecule has 0 radical (unpaired) electrons. The quantitative estimate of drug-likeness (QED) is 0.566. The average molecular weight is 216 g/mol. The van der Waals surface area contributed by atoms with Crippen molar-refractivity contribution < 1.29 is 9.53 Å². The SMILES string of the molecule is CCCCCNC(=O)C(N)CCCOC. The lowest BCUT2D eigenvalue weighted by Gasteiger charge is -2.11. The van der Waals surface area contributed by atoms with E-state index < -0.39 is 0 Å². The van der Waals surface area contributed by atoms with E-state index >= 15 is 0 Å². The van der Waals surface area contributed by atoms with Gasteiger partial charge in [-0.25, -0.2) is 0 Å². The first-order valence-corrected chi connectivity index (χ1v) is 5.74. The minimum Gasteiger partial charge on any atom is -0.385 e. The van der Waals surface area contributed by atoms with Gasteiger partial charge in [-0.2, -0.15) is 0 Å². The van der Waals surface area contributed by atoms with Crippen LogP contribution in [0.3, 0.4) is 0 Å². The summed E-state index contributed by atoms with van der Waals surface area (Å²) in [7, 11) is 1.65. The van der Waals surface area contributed by atoms with Crippen molar-refractivity contribution >= 4 is 5.91 Å². The van der Waals surface area contributed by atoms with Crippen molar-refractivity contribution in [3.05, 3.63) is 0 Å². The molecule has 0 fully saturated rings. The topological polar surface area (TPSA) is 64.4 Å². The first-order chi connectivity index (χ1) is 7.22. The second kappa shape index (κ2) is 9.93. The zero-order chi connectivity index (χ0) is 11.5. The molecule has 0 aromatic rings. The molecule has 90 valence electrons. The fraction of sp³-hybridized carbons (Fsp3) is 0.909. The predicted molar refractivity (Wildman–Crippen MR) is 61.6 cm³/mol. The van der Waals surface area contributed by atoms with E-state index in [0.29, 0.717) is 13.0 Å². The number of nitrogens with one attached hydrogen (secondary N) is 1. The Morgan fingerprint density at radius 3 is 2.73 bits per heavy atom. The zero-order valence-electron chi connectivity index (χ0n) is 9.92. The van der Waals surface area contributed by atoms with Crippen LogP contribution < -0.4 is 11.1 Å². The first-order valence-electron chi connectivity index (χ1n) is 5.74. The summed E-state index contributed by atoms with van der Waals surface area (Å²) in [5, 5.41) is 2.84. The lowest BCUT2D eigenvalue weighted by Crippen LogP contribution is -2.41. The Labute approximate surface area is 92.6 Å². The van der Waals surface area contributed by atoms with Gasteiger partial charge in [0.15, 0.2) is 0 Å². The number of hydrogen-bond acceptors (Lipinski definition) is 3. The summed E-state index contributed by atoms with van der Waals surface area (Å²) in [5.41, 5.74) is 5.71. The smallest absolute Gasteiger partial charge is 0.236 e. The maximum atomic E-state index is 11.4. The van der Waals surface area contributed by atoms with Crippen molar-refractivity contribution in [3.8, 4) is 0 Å². The number of nitrogens with two attached hydrogens (primary N) is 1. The molecule has 0 aliphatic carbocycles. The molecular formula is C11H24N2O2. The molecule has 1 atom stereocenters. The van der Waals surface area contributed by atoms with E-state index in [-0.39, 0.29) is 11.9 Å². The molecule has 0 saturated carbocycles. The van der Waals surface area contributed by atoms with E-state index in [2.05, 4.69) is 12.2 Å². The van der Waals surface area contributed by atoms with Crippen LogP contribution in [-0.2, 0) is 9.53 Å². The van der Waals surface area contributed by atoms with Gasteiger partial charge in [0.25, 0.3) is 0 Å². The van der Waals surface area contributed by atoms with Crippen molar-refractivity contribution in [1.29, 1.82) is 0 Å². The number of methoxy groups -OCH3 is 1. The molecule has 4 nitrogen and oxygen atoms in total. The van der Waals surface area contributed by atoms with E-state index in [1.54, 1.807) is 7.11 Å². The van der Waals surface area contributed by atoms with Gasteiger partial charge in [-0.15, -0.1) is 0 Å². The van der Waals surface area contributed by atoms with Crippen LogP contribution in [0.5, 0.6) is 0 Å². The van der Waals surface area contributed by atoms with Gasteiger partial charge in [0, 0.05) is 20.3 Å². The zero-order valence-corrected chi connectivity index (χ0v) is 9.92. The molecule has 0 rings (SSSR count). The molecule has 1 amide bonds. The highest BCUT2D eigenvalue weighted by Gasteiger charge is 2.11. The van der Waals surface area contributed by atoms with E-state index in [1.165, 1.54) is 0 Å². The number of hydrogen-bond donors (Lipinski definition) is 2. The van der Waals surface area contributed by atoms with Gasteiger partial charge in [-0.3, -0.25) is 4.79 Å². The predicted octanol–water partition coefficient (Wildman–Crippen LogP) is 1.05. The fourth-order valence-electron chi connectivity index (χ4n) is 1.30. The maximum absolute atomic E-state index is 11.4. The van der Waals surface area contributed by atoms with Crippen LogP contribution in [0, 0.1) is 0 Å². The van der Waals surface area contributed by atoms with E-state index in [9.17, 15) is 4.79 Å². The normalized spacial score (nSPS) is 12.5. The van der Waals surface area contributed by atoms with Gasteiger partial charge >= 0.3 is 0 Å². The Morgan fingerprint density at radius 2 is 2.13 bits per heavy atom. The lowest BCUT2D eigenvalue weighted by atomic mass is 10.1. The third kappa shape index (κ3) is 8.39. The highest BCUT2D eigenvalue weighted by atomic mass is 16.5. The maximum Gasteiger partial charge on any atom is 0.236 e. The Kier molecular flexibility index (Phi) is 9.52. The van der Waals surface area contributed by atoms with Gasteiger partial charge < -0.3 is 15.8 Å². The molecule has 4 heteroatoms. The van der Waals surface area contributed by atoms with Crippen LogP contribution in [0.1, 0.15) is 39.0 Å². The average Bonchev–Trinajstić information content (AvgIpc) is 2.24. The molecule has 1 unspecified atom stereocenters. The molecule has 0 bridgehead atoms. The van der Waals surface area contributed by atoms with Gasteiger partial charge in [-0.05, 0) is 19.3 Å². The standard InChI is InChI=1S/C11H24N2O2/c1-3-4-5-8-13-11(14)10(12)7-6-9-15-2/h10H,3-9,12H2,1-2H3,(H,13,14). The summed E-state index contributed by atoms with van der Waals surface area (Å²) >= 11 is 0. The number of rotatable bonds is 9. The van der Waals surface area contributed by atoms with Crippen molar-refractivity contribution in [1.82, 2.24) is 5.32 Å². The minimum absolute atomic E-state index is 0.0396. The molecule has 0 aliphatic rings. The summed E-state index contributed by atoms with van der Waals surface area (Å²) in [6, 6.07) is -0.387. The number of unbranched alkanes of at least 4 members (excludes halogenated alkanes) is 2. The van der Waals surface area contributed by atoms with E-state index in [0.717, 1.165) is 32.2 Å². The summed E-state index contributed by atoms with van der Waals surface area (Å²) < 4.78 is 4.90. The van der Waals surface area contributed by atoms with Crippen molar-refractivity contribution in [2.75, 3.05) is 20.3 Å². The second-order valence-corrected chi connectivity index (χ2v) is 3.74. The van der Waals surface area contributed by atoms with Gasteiger partial charge in [0.05, 0.1) is 6.04 Å². The highest BCUT2D eigenvalue weighted by molar-refractivity contribution is 5.81. The second-order valence-electron chi connectivity index (χ2n) is 3.74. The molecule has 0 aliphatic heterocycles. The van der Waals surface area contributed by atoms with Crippen molar-refractivity contribution in [2.45, 2.75) is 45.1 Å². The number of amides is 1. The van der Waals surface area contributed by atoms with Crippen LogP contribution in [0.4, 0.5) is 0 Å². The summed E-state index contributed by atoms with van der Waals surface area (Å²) in [4.78, 5) is 11.4. The van der Waals surface area contributed by atoms with Gasteiger partial charge in [0.1, 0.15) is 0 Å². The molecular weight excluding hydrogens is 192 g/mol. The van der Waals surface area contributed by atoms with Crippen molar-refractivity contribution in [3.63, 3.8) is 0 Å². The highest BCUT2D eigenvalue weighted by Crippen LogP contribution is 1.96. The Balaban J connectivity index is 3.42. The van der Waals surface area contributed by atoms with Crippen molar-refractivity contribution in [2.24, 2.45) is 5.73 Å². The number of ether oxygens (including phenoxy) is 1. The minimum atomic E-state index is -0.387. The van der Waals surface area contributed by atoms with Crippen LogP contribution in [0.25, 0.3) is 0 Å². The van der Waals surface area contributed by atoms with Crippen LogP contribution in [0.2, 0.25) is 0 Å². The summed E-state index contributed by atoms with van der Waals surface area (Å²) in [6.45, 7) is 3.54. The molecule has 3 N–H and O–H groups in total. The lowest BCUT2D eigenvalue weighted by molar-refractivity contribution is -0.122. The Bertz CT molecular complexity index is 163. The summed E-state index contributed by atoms with van der Waals surface area (Å²) in [6.07, 6.45) is 4.87. The molecule has 0 aromatic heterocycles. The monoisotopic (exact) mass is 216 g/mol. The van der Waals surface area contributed by atoms with E-state index in [1.807, 2.05) is 0 Å². The molecule has 0 saturated heterocycles. The third-order valence-electron chi connectivity index (χ3n) is 2.28. The van der Waals surface area contributed by atoms with Crippen LogP contribution >= 0.6 is 0 Å². The molecule has 0 heterocycles. The van der Waals surface area contributed by atoms with Crippen LogP contribution in [0.15, 0.2) is 0 Å². The fourth-order valence-corrected chi connectivity index (χ4v) is 1.30. The first kappa shape index (κ1) is 14.4.